The highest BCUT2D eigenvalue weighted by molar-refractivity contribution is 14.1. The second-order valence-corrected chi connectivity index (χ2v) is 5.91. The number of ketones is 1. The van der Waals surface area contributed by atoms with Gasteiger partial charge in [-0.1, -0.05) is 11.6 Å². The Labute approximate surface area is 128 Å². The highest BCUT2D eigenvalue weighted by Crippen LogP contribution is 2.24. The zero-order valence-electron chi connectivity index (χ0n) is 9.78. The Morgan fingerprint density at radius 1 is 1.11 bits per heavy atom. The largest absolute Gasteiger partial charge is 0.360 e. The number of aromatic nitrogens is 1. The van der Waals surface area contributed by atoms with Crippen molar-refractivity contribution in [3.8, 4) is 0 Å². The van der Waals surface area contributed by atoms with Gasteiger partial charge in [0.1, 0.15) is 0 Å². The molecule has 19 heavy (non-hydrogen) atoms. The van der Waals surface area contributed by atoms with Gasteiger partial charge >= 0.3 is 0 Å². The highest BCUT2D eigenvalue weighted by atomic mass is 127. The summed E-state index contributed by atoms with van der Waals surface area (Å²) in [5.41, 5.74) is 2.25. The molecule has 94 valence electrons. The molecule has 1 aromatic heterocycles. The van der Waals surface area contributed by atoms with Gasteiger partial charge < -0.3 is 4.98 Å². The first kappa shape index (κ1) is 12.7. The van der Waals surface area contributed by atoms with Crippen LogP contribution in [0.5, 0.6) is 0 Å². The number of hydrogen-bond donors (Lipinski definition) is 1. The summed E-state index contributed by atoms with van der Waals surface area (Å²) in [5, 5.41) is 1.49. The summed E-state index contributed by atoms with van der Waals surface area (Å²) in [5.74, 6) is 0.00455. The van der Waals surface area contributed by atoms with Crippen LogP contribution in [0.1, 0.15) is 15.9 Å². The van der Waals surface area contributed by atoms with E-state index in [9.17, 15) is 4.79 Å². The molecule has 3 aromatic rings. The van der Waals surface area contributed by atoms with E-state index in [-0.39, 0.29) is 5.78 Å². The topological polar surface area (TPSA) is 32.9 Å². The van der Waals surface area contributed by atoms with E-state index in [1.807, 2.05) is 36.4 Å². The molecule has 0 aliphatic carbocycles. The maximum atomic E-state index is 12.5. The van der Waals surface area contributed by atoms with Crippen molar-refractivity contribution in [2.45, 2.75) is 0 Å². The molecule has 0 saturated heterocycles. The molecule has 1 N–H and O–H groups in total. The number of fused-ring (bicyclic) bond motifs is 1. The fourth-order valence-electron chi connectivity index (χ4n) is 2.04. The lowest BCUT2D eigenvalue weighted by Gasteiger charge is -2.00. The Morgan fingerprint density at radius 2 is 1.84 bits per heavy atom. The van der Waals surface area contributed by atoms with Crippen LogP contribution >= 0.6 is 34.2 Å². The Hall–Kier alpha value is -1.33. The first-order valence-electron chi connectivity index (χ1n) is 5.72. The number of carbonyl (C=O) groups is 1. The van der Waals surface area contributed by atoms with E-state index in [0.29, 0.717) is 16.1 Å². The fraction of sp³-hybridized carbons (Fsp3) is 0. The number of carbonyl (C=O) groups excluding carboxylic acids is 1. The maximum Gasteiger partial charge on any atom is 0.195 e. The zero-order chi connectivity index (χ0) is 13.4. The molecule has 0 bridgehead atoms. The van der Waals surface area contributed by atoms with E-state index in [0.717, 1.165) is 14.5 Å². The van der Waals surface area contributed by atoms with E-state index in [4.69, 9.17) is 11.6 Å². The zero-order valence-corrected chi connectivity index (χ0v) is 12.7. The molecule has 0 aliphatic rings. The molecule has 2 aromatic carbocycles. The van der Waals surface area contributed by atoms with Gasteiger partial charge in [0.15, 0.2) is 5.78 Å². The first-order valence-corrected chi connectivity index (χ1v) is 7.18. The molecule has 2 nitrogen and oxygen atoms in total. The standard InChI is InChI=1S/C15H9ClINO/c16-10-3-6-14-12(7-10)13(8-18-14)15(19)9-1-4-11(17)5-2-9/h1-8,18H. The summed E-state index contributed by atoms with van der Waals surface area (Å²) in [4.78, 5) is 15.6. The minimum absolute atomic E-state index is 0.00455. The van der Waals surface area contributed by atoms with Crippen molar-refractivity contribution in [3.63, 3.8) is 0 Å². The fourth-order valence-corrected chi connectivity index (χ4v) is 2.57. The number of aromatic amines is 1. The van der Waals surface area contributed by atoms with Gasteiger partial charge in [-0.25, -0.2) is 0 Å². The number of benzene rings is 2. The average Bonchev–Trinajstić information content (AvgIpc) is 2.81. The normalized spacial score (nSPS) is 10.8. The summed E-state index contributed by atoms with van der Waals surface area (Å²) < 4.78 is 1.11. The summed E-state index contributed by atoms with van der Waals surface area (Å²) in [7, 11) is 0. The molecule has 0 aliphatic heterocycles. The van der Waals surface area contributed by atoms with Crippen LogP contribution < -0.4 is 0 Å². The maximum absolute atomic E-state index is 12.5. The van der Waals surface area contributed by atoms with Crippen molar-refractivity contribution in [2.24, 2.45) is 0 Å². The van der Waals surface area contributed by atoms with Gasteiger partial charge in [-0.05, 0) is 65.1 Å². The average molecular weight is 382 g/mol. The SMILES string of the molecule is O=C(c1ccc(I)cc1)c1c[nH]c2ccc(Cl)cc12. The van der Waals surface area contributed by atoms with Gasteiger partial charge in [-0.15, -0.1) is 0 Å². The van der Waals surface area contributed by atoms with E-state index in [1.54, 1.807) is 12.3 Å². The Bertz CT molecular complexity index is 761. The second-order valence-electron chi connectivity index (χ2n) is 4.23. The molecule has 4 heteroatoms. The number of halogens is 2. The molecule has 1 heterocycles. The summed E-state index contributed by atoms with van der Waals surface area (Å²) in [6.45, 7) is 0. The van der Waals surface area contributed by atoms with E-state index in [2.05, 4.69) is 27.6 Å². The van der Waals surface area contributed by atoms with E-state index < -0.39 is 0 Å². The van der Waals surface area contributed by atoms with Crippen LogP contribution in [0.15, 0.2) is 48.7 Å². The summed E-state index contributed by atoms with van der Waals surface area (Å²) >= 11 is 8.21. The van der Waals surface area contributed by atoms with Crippen LogP contribution in [0.25, 0.3) is 10.9 Å². The van der Waals surface area contributed by atoms with Gasteiger partial charge in [0.05, 0.1) is 0 Å². The van der Waals surface area contributed by atoms with E-state index in [1.165, 1.54) is 0 Å². The minimum Gasteiger partial charge on any atom is -0.360 e. The molecule has 0 amide bonds. The molecule has 0 unspecified atom stereocenters. The number of hydrogen-bond acceptors (Lipinski definition) is 1. The predicted molar refractivity (Wildman–Crippen MR) is 85.9 cm³/mol. The lowest BCUT2D eigenvalue weighted by molar-refractivity contribution is 0.104. The van der Waals surface area contributed by atoms with Gasteiger partial charge in [0.2, 0.25) is 0 Å². The molecule has 0 fully saturated rings. The first-order chi connectivity index (χ1) is 9.15. The van der Waals surface area contributed by atoms with Gasteiger partial charge in [0.25, 0.3) is 0 Å². The molecular weight excluding hydrogens is 373 g/mol. The molecule has 0 saturated carbocycles. The Balaban J connectivity index is 2.11. The van der Waals surface area contributed by atoms with Crippen LogP contribution in [0.2, 0.25) is 5.02 Å². The third-order valence-electron chi connectivity index (χ3n) is 2.99. The summed E-state index contributed by atoms with van der Waals surface area (Å²) in [6, 6.07) is 13.0. The van der Waals surface area contributed by atoms with Crippen molar-refractivity contribution in [3.05, 3.63) is 68.4 Å². The number of rotatable bonds is 2. The van der Waals surface area contributed by atoms with Crippen molar-refractivity contribution in [2.75, 3.05) is 0 Å². The van der Waals surface area contributed by atoms with Gasteiger partial charge in [0, 0.05) is 36.8 Å². The van der Waals surface area contributed by atoms with Gasteiger partial charge in [-0.3, -0.25) is 4.79 Å². The second kappa shape index (κ2) is 4.98. The monoisotopic (exact) mass is 381 g/mol. The van der Waals surface area contributed by atoms with Crippen LogP contribution in [0.3, 0.4) is 0 Å². The molecule has 0 spiro atoms. The third-order valence-corrected chi connectivity index (χ3v) is 3.95. The van der Waals surface area contributed by atoms with Crippen molar-refractivity contribution in [1.29, 1.82) is 0 Å². The van der Waals surface area contributed by atoms with Crippen LogP contribution in [0, 0.1) is 3.57 Å². The minimum atomic E-state index is 0.00455. The third kappa shape index (κ3) is 2.40. The van der Waals surface area contributed by atoms with Crippen molar-refractivity contribution in [1.82, 2.24) is 4.98 Å². The van der Waals surface area contributed by atoms with Crippen LogP contribution in [0.4, 0.5) is 0 Å². The van der Waals surface area contributed by atoms with Crippen molar-refractivity contribution < 1.29 is 4.79 Å². The number of nitrogens with one attached hydrogen (secondary N) is 1. The molecule has 0 atom stereocenters. The molecule has 0 radical (unpaired) electrons. The lowest BCUT2D eigenvalue weighted by Crippen LogP contribution is -2.00. The highest BCUT2D eigenvalue weighted by Gasteiger charge is 2.14. The number of H-pyrrole nitrogens is 1. The van der Waals surface area contributed by atoms with Crippen molar-refractivity contribution >= 4 is 50.9 Å². The van der Waals surface area contributed by atoms with E-state index >= 15 is 0 Å². The van der Waals surface area contributed by atoms with Gasteiger partial charge in [-0.2, -0.15) is 0 Å². The van der Waals surface area contributed by atoms with Crippen LogP contribution in [-0.2, 0) is 0 Å². The lowest BCUT2D eigenvalue weighted by atomic mass is 10.0. The predicted octanol–water partition coefficient (Wildman–Crippen LogP) is 4.66. The smallest absolute Gasteiger partial charge is 0.195 e. The Morgan fingerprint density at radius 3 is 2.58 bits per heavy atom. The summed E-state index contributed by atoms with van der Waals surface area (Å²) in [6.07, 6.45) is 1.74. The quantitative estimate of drug-likeness (QED) is 0.508. The van der Waals surface area contributed by atoms with Crippen LogP contribution in [-0.4, -0.2) is 10.8 Å². The molecular formula is C15H9ClINO. The Kier molecular flexibility index (Phi) is 3.33. The molecule has 3 rings (SSSR count).